The van der Waals surface area contributed by atoms with Crippen LogP contribution < -0.4 is 5.32 Å². The quantitative estimate of drug-likeness (QED) is 0.908. The summed E-state index contributed by atoms with van der Waals surface area (Å²) in [6.07, 6.45) is 0. The van der Waals surface area contributed by atoms with E-state index in [0.717, 1.165) is 26.1 Å². The van der Waals surface area contributed by atoms with Crippen molar-refractivity contribution in [3.63, 3.8) is 0 Å². The fourth-order valence-corrected chi connectivity index (χ4v) is 3.18. The molecule has 0 radical (unpaired) electrons. The monoisotopic (exact) mass is 296 g/mol. The van der Waals surface area contributed by atoms with Crippen LogP contribution in [0, 0.1) is 13.8 Å². The van der Waals surface area contributed by atoms with Crippen LogP contribution in [-0.2, 0) is 6.54 Å². The van der Waals surface area contributed by atoms with Crippen LogP contribution in [0.4, 0.5) is 0 Å². The zero-order valence-corrected chi connectivity index (χ0v) is 12.0. The molecular formula is C12H12N2O3S2. The predicted molar refractivity (Wildman–Crippen MR) is 74.0 cm³/mol. The lowest BCUT2D eigenvalue weighted by Gasteiger charge is -2.01. The number of hydrogen-bond donors (Lipinski definition) is 2. The van der Waals surface area contributed by atoms with Crippen molar-refractivity contribution in [1.29, 1.82) is 0 Å². The standard InChI is InChI=1S/C12H12N2O3S2/c1-6-10(14-7(2)18-6)11(15)13-5-8-3-4-9(19-8)12(16)17/h3-4H,5H2,1-2H3,(H,13,15)(H,16,17). The summed E-state index contributed by atoms with van der Waals surface area (Å²) in [6, 6.07) is 3.24. The van der Waals surface area contributed by atoms with Crippen LogP contribution in [0.15, 0.2) is 12.1 Å². The van der Waals surface area contributed by atoms with Gasteiger partial charge in [-0.2, -0.15) is 0 Å². The van der Waals surface area contributed by atoms with E-state index in [-0.39, 0.29) is 10.8 Å². The minimum absolute atomic E-state index is 0.230. The Balaban J connectivity index is 2.00. The van der Waals surface area contributed by atoms with Crippen LogP contribution in [0.2, 0.25) is 0 Å². The summed E-state index contributed by atoms with van der Waals surface area (Å²) in [5.74, 6) is -1.18. The molecule has 2 aromatic heterocycles. The Kier molecular flexibility index (Phi) is 3.96. The van der Waals surface area contributed by atoms with Crippen LogP contribution in [0.3, 0.4) is 0 Å². The molecule has 0 saturated carbocycles. The molecule has 100 valence electrons. The lowest BCUT2D eigenvalue weighted by atomic mass is 10.3. The van der Waals surface area contributed by atoms with Crippen molar-refractivity contribution in [2.75, 3.05) is 0 Å². The maximum Gasteiger partial charge on any atom is 0.345 e. The summed E-state index contributed by atoms with van der Waals surface area (Å²) in [4.78, 5) is 28.8. The minimum atomic E-state index is -0.950. The number of carbonyl (C=O) groups excluding carboxylic acids is 1. The Hall–Kier alpha value is -1.73. The maximum atomic E-state index is 11.9. The Bertz CT molecular complexity index is 631. The molecule has 1 amide bonds. The maximum absolute atomic E-state index is 11.9. The number of nitrogens with zero attached hydrogens (tertiary/aromatic N) is 1. The number of amides is 1. The second kappa shape index (κ2) is 5.50. The van der Waals surface area contributed by atoms with Crippen LogP contribution in [0.5, 0.6) is 0 Å². The van der Waals surface area contributed by atoms with Gasteiger partial charge in [0.1, 0.15) is 10.6 Å². The van der Waals surface area contributed by atoms with Gasteiger partial charge in [-0.05, 0) is 26.0 Å². The summed E-state index contributed by atoms with van der Waals surface area (Å²) in [6.45, 7) is 4.02. The van der Waals surface area contributed by atoms with Crippen molar-refractivity contribution in [1.82, 2.24) is 10.3 Å². The molecule has 2 aromatic rings. The second-order valence-electron chi connectivity index (χ2n) is 3.89. The van der Waals surface area contributed by atoms with E-state index in [4.69, 9.17) is 5.11 Å². The third-order valence-corrected chi connectivity index (χ3v) is 4.37. The molecule has 7 heteroatoms. The summed E-state index contributed by atoms with van der Waals surface area (Å²) < 4.78 is 0. The number of carboxylic acid groups (broad SMARTS) is 1. The summed E-state index contributed by atoms with van der Waals surface area (Å²) in [5.41, 5.74) is 0.442. The molecule has 0 saturated heterocycles. The van der Waals surface area contributed by atoms with E-state index in [1.54, 1.807) is 6.07 Å². The topological polar surface area (TPSA) is 79.3 Å². The van der Waals surface area contributed by atoms with E-state index in [2.05, 4.69) is 10.3 Å². The van der Waals surface area contributed by atoms with Gasteiger partial charge >= 0.3 is 5.97 Å². The Morgan fingerprint density at radius 3 is 2.58 bits per heavy atom. The Labute approximate surface area is 117 Å². The number of carbonyl (C=O) groups is 2. The number of thiophene rings is 1. The van der Waals surface area contributed by atoms with E-state index in [0.29, 0.717) is 12.2 Å². The van der Waals surface area contributed by atoms with Gasteiger partial charge in [-0.25, -0.2) is 9.78 Å². The molecule has 0 aliphatic carbocycles. The summed E-state index contributed by atoms with van der Waals surface area (Å²) in [5, 5.41) is 12.4. The first kappa shape index (κ1) is 13.7. The first-order chi connectivity index (χ1) is 8.97. The molecule has 2 N–H and O–H groups in total. The molecule has 19 heavy (non-hydrogen) atoms. The van der Waals surface area contributed by atoms with E-state index < -0.39 is 5.97 Å². The average molecular weight is 296 g/mol. The van der Waals surface area contributed by atoms with Crippen molar-refractivity contribution in [3.8, 4) is 0 Å². The van der Waals surface area contributed by atoms with Crippen molar-refractivity contribution >= 4 is 34.6 Å². The molecule has 0 unspecified atom stereocenters. The van der Waals surface area contributed by atoms with Crippen LogP contribution in [0.1, 0.15) is 34.9 Å². The lowest BCUT2D eigenvalue weighted by molar-refractivity contribution is 0.0702. The van der Waals surface area contributed by atoms with Crippen LogP contribution in [-0.4, -0.2) is 22.0 Å². The number of rotatable bonds is 4. The number of carboxylic acids is 1. The fourth-order valence-electron chi connectivity index (χ4n) is 1.58. The lowest BCUT2D eigenvalue weighted by Crippen LogP contribution is -2.23. The first-order valence-electron chi connectivity index (χ1n) is 5.51. The number of aromatic nitrogens is 1. The summed E-state index contributed by atoms with van der Waals surface area (Å²) >= 11 is 2.64. The minimum Gasteiger partial charge on any atom is -0.477 e. The molecule has 5 nitrogen and oxygen atoms in total. The van der Waals surface area contributed by atoms with Gasteiger partial charge in [-0.3, -0.25) is 4.79 Å². The SMILES string of the molecule is Cc1nc(C(=O)NCc2ccc(C(=O)O)s2)c(C)s1. The van der Waals surface area contributed by atoms with Gasteiger partial charge in [0.25, 0.3) is 5.91 Å². The molecule has 0 aliphatic heterocycles. The van der Waals surface area contributed by atoms with Gasteiger partial charge in [0, 0.05) is 9.75 Å². The average Bonchev–Trinajstić information content (AvgIpc) is 2.93. The molecule has 0 aliphatic rings. The third-order valence-electron chi connectivity index (χ3n) is 2.41. The Morgan fingerprint density at radius 2 is 2.05 bits per heavy atom. The molecule has 0 aromatic carbocycles. The molecule has 2 rings (SSSR count). The highest BCUT2D eigenvalue weighted by Crippen LogP contribution is 2.18. The molecule has 2 heterocycles. The highest BCUT2D eigenvalue weighted by atomic mass is 32.1. The van der Waals surface area contributed by atoms with Crippen molar-refractivity contribution in [2.45, 2.75) is 20.4 Å². The number of aryl methyl sites for hydroxylation is 2. The number of nitrogens with one attached hydrogen (secondary N) is 1. The van der Waals surface area contributed by atoms with Gasteiger partial charge < -0.3 is 10.4 Å². The number of hydrogen-bond acceptors (Lipinski definition) is 5. The molecule has 0 bridgehead atoms. The zero-order chi connectivity index (χ0) is 14.0. The molecule has 0 spiro atoms. The van der Waals surface area contributed by atoms with Gasteiger partial charge in [0.15, 0.2) is 0 Å². The van der Waals surface area contributed by atoms with E-state index in [1.807, 2.05) is 13.8 Å². The summed E-state index contributed by atoms with van der Waals surface area (Å²) in [7, 11) is 0. The van der Waals surface area contributed by atoms with E-state index in [1.165, 1.54) is 17.4 Å². The smallest absolute Gasteiger partial charge is 0.345 e. The normalized spacial score (nSPS) is 10.4. The third kappa shape index (κ3) is 3.18. The van der Waals surface area contributed by atoms with Gasteiger partial charge in [-0.15, -0.1) is 22.7 Å². The molecule has 0 atom stereocenters. The Morgan fingerprint density at radius 1 is 1.32 bits per heavy atom. The number of thiazole rings is 1. The number of aromatic carboxylic acids is 1. The predicted octanol–water partition coefficient (Wildman–Crippen LogP) is 2.45. The van der Waals surface area contributed by atoms with Crippen LogP contribution in [0.25, 0.3) is 0 Å². The largest absolute Gasteiger partial charge is 0.477 e. The highest BCUT2D eigenvalue weighted by molar-refractivity contribution is 7.13. The van der Waals surface area contributed by atoms with Crippen molar-refractivity contribution in [3.05, 3.63) is 37.5 Å². The van der Waals surface area contributed by atoms with Crippen LogP contribution >= 0.6 is 22.7 Å². The first-order valence-corrected chi connectivity index (χ1v) is 7.15. The van der Waals surface area contributed by atoms with E-state index >= 15 is 0 Å². The van der Waals surface area contributed by atoms with Gasteiger partial charge in [-0.1, -0.05) is 0 Å². The van der Waals surface area contributed by atoms with Gasteiger partial charge in [0.2, 0.25) is 0 Å². The fraction of sp³-hybridized carbons (Fsp3) is 0.250. The highest BCUT2D eigenvalue weighted by Gasteiger charge is 2.14. The second-order valence-corrected chi connectivity index (χ2v) is 6.47. The van der Waals surface area contributed by atoms with Crippen molar-refractivity contribution in [2.24, 2.45) is 0 Å². The molecular weight excluding hydrogens is 284 g/mol. The van der Waals surface area contributed by atoms with Gasteiger partial charge in [0.05, 0.1) is 11.6 Å². The zero-order valence-electron chi connectivity index (χ0n) is 10.4. The van der Waals surface area contributed by atoms with Crippen molar-refractivity contribution < 1.29 is 14.7 Å². The van der Waals surface area contributed by atoms with E-state index in [9.17, 15) is 9.59 Å². The molecule has 0 fully saturated rings.